The monoisotopic (exact) mass is 274 g/mol. The second kappa shape index (κ2) is 5.63. The van der Waals surface area contributed by atoms with Crippen molar-refractivity contribution < 1.29 is 23.1 Å². The van der Waals surface area contributed by atoms with Crippen LogP contribution in [-0.2, 0) is 11.2 Å². The van der Waals surface area contributed by atoms with Crippen LogP contribution in [0.2, 0.25) is 0 Å². The van der Waals surface area contributed by atoms with E-state index in [9.17, 15) is 13.6 Å². The van der Waals surface area contributed by atoms with E-state index in [-0.39, 0.29) is 31.1 Å². The van der Waals surface area contributed by atoms with Crippen molar-refractivity contribution in [3.05, 3.63) is 11.8 Å². The van der Waals surface area contributed by atoms with Crippen LogP contribution in [-0.4, -0.2) is 27.2 Å². The van der Waals surface area contributed by atoms with E-state index in [1.165, 1.54) is 0 Å². The Morgan fingerprint density at radius 2 is 2.26 bits per heavy atom. The first-order chi connectivity index (χ1) is 8.96. The number of aliphatic carboxylic acids is 1. The largest absolute Gasteiger partial charge is 0.481 e. The Bertz CT molecular complexity index is 448. The maximum atomic E-state index is 13.3. The molecule has 1 aromatic heterocycles. The molecule has 1 aliphatic carbocycles. The fourth-order valence-electron chi connectivity index (χ4n) is 2.31. The molecule has 1 fully saturated rings. The van der Waals surface area contributed by atoms with Crippen molar-refractivity contribution >= 4 is 5.97 Å². The summed E-state index contributed by atoms with van der Waals surface area (Å²) in [6.07, 6.45) is 1.55. The minimum absolute atomic E-state index is 0.0270. The van der Waals surface area contributed by atoms with Gasteiger partial charge in [0, 0.05) is 31.6 Å². The molecule has 1 heterocycles. The third-order valence-corrected chi connectivity index (χ3v) is 3.25. The average Bonchev–Trinajstić information content (AvgIpc) is 2.76. The van der Waals surface area contributed by atoms with Gasteiger partial charge in [-0.3, -0.25) is 4.79 Å². The van der Waals surface area contributed by atoms with Gasteiger partial charge in [0.25, 0.3) is 0 Å². The van der Waals surface area contributed by atoms with E-state index < -0.39 is 11.9 Å². The molecule has 0 bridgehead atoms. The van der Waals surface area contributed by atoms with E-state index in [4.69, 9.17) is 9.52 Å². The molecule has 0 aliphatic heterocycles. The predicted octanol–water partition coefficient (Wildman–Crippen LogP) is 2.77. The molecule has 19 heavy (non-hydrogen) atoms. The van der Waals surface area contributed by atoms with Crippen molar-refractivity contribution in [3.63, 3.8) is 0 Å². The van der Waals surface area contributed by atoms with Crippen molar-refractivity contribution in [1.82, 2.24) is 10.2 Å². The second-order valence-electron chi connectivity index (χ2n) is 4.93. The van der Waals surface area contributed by atoms with Crippen LogP contribution in [0.3, 0.4) is 0 Å². The molecule has 1 atom stereocenters. The zero-order valence-electron chi connectivity index (χ0n) is 10.4. The van der Waals surface area contributed by atoms with Gasteiger partial charge in [-0.25, -0.2) is 8.78 Å². The molecule has 1 saturated carbocycles. The topological polar surface area (TPSA) is 76.2 Å². The molecule has 0 aromatic carbocycles. The number of rotatable bonds is 5. The van der Waals surface area contributed by atoms with Gasteiger partial charge in [0.05, 0.1) is 0 Å². The van der Waals surface area contributed by atoms with Gasteiger partial charge < -0.3 is 9.52 Å². The molecule has 5 nitrogen and oxygen atoms in total. The first-order valence-electron chi connectivity index (χ1n) is 6.38. The number of carbonyl (C=O) groups is 1. The number of hydrogen-bond acceptors (Lipinski definition) is 4. The minimum atomic E-state index is -2.65. The predicted molar refractivity (Wildman–Crippen MR) is 61.0 cm³/mol. The highest BCUT2D eigenvalue weighted by Crippen LogP contribution is 2.41. The van der Waals surface area contributed by atoms with Crippen LogP contribution in [0.4, 0.5) is 8.78 Å². The van der Waals surface area contributed by atoms with E-state index >= 15 is 0 Å². The van der Waals surface area contributed by atoms with E-state index in [0.29, 0.717) is 31.6 Å². The average molecular weight is 274 g/mol. The molecule has 1 N–H and O–H groups in total. The van der Waals surface area contributed by atoms with Gasteiger partial charge >= 0.3 is 5.97 Å². The number of carboxylic acids is 1. The van der Waals surface area contributed by atoms with Crippen LogP contribution >= 0.6 is 0 Å². The number of hydrogen-bond donors (Lipinski definition) is 1. The van der Waals surface area contributed by atoms with E-state index in [1.807, 2.05) is 0 Å². The summed E-state index contributed by atoms with van der Waals surface area (Å²) in [5.74, 6) is -3.34. The lowest BCUT2D eigenvalue weighted by molar-refractivity contribution is -0.137. The highest BCUT2D eigenvalue weighted by Gasteiger charge is 2.38. The van der Waals surface area contributed by atoms with E-state index in [2.05, 4.69) is 10.2 Å². The lowest BCUT2D eigenvalue weighted by atomic mass is 9.86. The summed E-state index contributed by atoms with van der Waals surface area (Å²) in [5, 5.41) is 16.1. The number of aryl methyl sites for hydroxylation is 1. The Morgan fingerprint density at radius 1 is 1.47 bits per heavy atom. The number of aromatic nitrogens is 2. The lowest BCUT2D eigenvalue weighted by Gasteiger charge is -2.26. The normalized spacial score (nSPS) is 22.3. The molecule has 2 rings (SSSR count). The van der Waals surface area contributed by atoms with Gasteiger partial charge in [0.2, 0.25) is 17.7 Å². The molecule has 106 valence electrons. The van der Waals surface area contributed by atoms with Crippen LogP contribution in [0.5, 0.6) is 0 Å². The SMILES string of the molecule is O=C(O)CCCc1nnc(C2CCCC(F)(F)C2)o1. The molecule has 0 saturated heterocycles. The van der Waals surface area contributed by atoms with Crippen LogP contribution in [0.15, 0.2) is 4.42 Å². The summed E-state index contributed by atoms with van der Waals surface area (Å²) in [6.45, 7) is 0. The van der Waals surface area contributed by atoms with E-state index in [1.54, 1.807) is 0 Å². The van der Waals surface area contributed by atoms with Gasteiger partial charge in [-0.1, -0.05) is 0 Å². The Labute approximate surface area is 109 Å². The summed E-state index contributed by atoms with van der Waals surface area (Å²) in [7, 11) is 0. The fourth-order valence-corrected chi connectivity index (χ4v) is 2.31. The van der Waals surface area contributed by atoms with Gasteiger partial charge in [-0.05, 0) is 19.3 Å². The van der Waals surface area contributed by atoms with Crippen LogP contribution < -0.4 is 0 Å². The first-order valence-corrected chi connectivity index (χ1v) is 6.38. The standard InChI is InChI=1S/C12H16F2N2O3/c13-12(14)6-2-3-8(7-12)11-16-15-9(19-11)4-1-5-10(17)18/h8H,1-7H2,(H,17,18). The third kappa shape index (κ3) is 3.97. The molecule has 0 spiro atoms. The number of nitrogens with zero attached hydrogens (tertiary/aromatic N) is 2. The molecular weight excluding hydrogens is 258 g/mol. The van der Waals surface area contributed by atoms with Gasteiger partial charge in [-0.15, -0.1) is 10.2 Å². The molecule has 0 radical (unpaired) electrons. The molecule has 7 heteroatoms. The first kappa shape index (κ1) is 13.9. The fraction of sp³-hybridized carbons (Fsp3) is 0.750. The van der Waals surface area contributed by atoms with Crippen molar-refractivity contribution in [2.45, 2.75) is 56.8 Å². The van der Waals surface area contributed by atoms with Crippen molar-refractivity contribution in [2.75, 3.05) is 0 Å². The van der Waals surface area contributed by atoms with Gasteiger partial charge in [0.15, 0.2) is 0 Å². The molecule has 1 aromatic rings. The van der Waals surface area contributed by atoms with Crippen molar-refractivity contribution in [2.24, 2.45) is 0 Å². The van der Waals surface area contributed by atoms with Crippen LogP contribution in [0.25, 0.3) is 0 Å². The smallest absolute Gasteiger partial charge is 0.303 e. The number of halogens is 2. The quantitative estimate of drug-likeness (QED) is 0.893. The van der Waals surface area contributed by atoms with Crippen molar-refractivity contribution in [3.8, 4) is 0 Å². The molecule has 1 unspecified atom stereocenters. The zero-order valence-corrected chi connectivity index (χ0v) is 10.4. The minimum Gasteiger partial charge on any atom is -0.481 e. The second-order valence-corrected chi connectivity index (χ2v) is 4.93. The summed E-state index contributed by atoms with van der Waals surface area (Å²) in [6, 6.07) is 0. The maximum Gasteiger partial charge on any atom is 0.303 e. The summed E-state index contributed by atoms with van der Waals surface area (Å²) in [5.41, 5.74) is 0. The highest BCUT2D eigenvalue weighted by molar-refractivity contribution is 5.66. The molecule has 1 aliphatic rings. The number of carboxylic acid groups (broad SMARTS) is 1. The van der Waals surface area contributed by atoms with Crippen LogP contribution in [0.1, 0.15) is 56.2 Å². The highest BCUT2D eigenvalue weighted by atomic mass is 19.3. The zero-order chi connectivity index (χ0) is 13.9. The third-order valence-electron chi connectivity index (χ3n) is 3.25. The molecule has 0 amide bonds. The Morgan fingerprint density at radius 3 is 2.95 bits per heavy atom. The van der Waals surface area contributed by atoms with Crippen molar-refractivity contribution in [1.29, 1.82) is 0 Å². The lowest BCUT2D eigenvalue weighted by Crippen LogP contribution is -2.25. The Kier molecular flexibility index (Phi) is 4.11. The Hall–Kier alpha value is -1.53. The van der Waals surface area contributed by atoms with Gasteiger partial charge in [0.1, 0.15) is 0 Å². The van der Waals surface area contributed by atoms with Gasteiger partial charge in [-0.2, -0.15) is 0 Å². The summed E-state index contributed by atoms with van der Waals surface area (Å²) < 4.78 is 31.9. The Balaban J connectivity index is 1.91. The van der Waals surface area contributed by atoms with Crippen LogP contribution in [0, 0.1) is 0 Å². The molecular formula is C12H16F2N2O3. The summed E-state index contributed by atoms with van der Waals surface area (Å²) in [4.78, 5) is 10.4. The van der Waals surface area contributed by atoms with E-state index in [0.717, 1.165) is 0 Å². The number of alkyl halides is 2. The summed E-state index contributed by atoms with van der Waals surface area (Å²) >= 11 is 0. The maximum absolute atomic E-state index is 13.3.